The fourth-order valence-electron chi connectivity index (χ4n) is 6.71. The molecule has 2 aromatic carbocycles. The maximum absolute atomic E-state index is 2.70. The Hall–Kier alpha value is -0.993. The molecule has 0 amide bonds. The molecule has 193 valence electrons. The van der Waals surface area contributed by atoms with Crippen molar-refractivity contribution in [1.82, 2.24) is 0 Å². The molecule has 2 atom stereocenters. The number of hydrogen-bond acceptors (Lipinski definition) is 0. The van der Waals surface area contributed by atoms with Gasteiger partial charge in [-0.25, -0.2) is 0 Å². The van der Waals surface area contributed by atoms with E-state index in [0.29, 0.717) is 23.7 Å². The first kappa shape index (κ1) is 28.0. The zero-order valence-electron chi connectivity index (χ0n) is 25.0. The number of benzene rings is 2. The van der Waals surface area contributed by atoms with E-state index in [1.165, 1.54) is 0 Å². The van der Waals surface area contributed by atoms with Crippen molar-refractivity contribution in [2.24, 2.45) is 0 Å². The molecule has 2 aromatic rings. The van der Waals surface area contributed by atoms with Crippen LogP contribution in [0.2, 0.25) is 13.1 Å². The molecule has 0 saturated heterocycles. The van der Waals surface area contributed by atoms with Crippen molar-refractivity contribution in [2.75, 3.05) is 0 Å². The second kappa shape index (κ2) is 10.6. The SMILES string of the molecule is CC1=Cc2c(C(C)C)cc(C(C)C)cc2[CH]1[Hf]([CH]1C(C)=Cc2c(C(C)C)cc(C(C)C)cc21)[SiH](C)C. The first-order valence-electron chi connectivity index (χ1n) is 14.4. The number of hydrogen-bond donors (Lipinski definition) is 0. The third-order valence-electron chi connectivity index (χ3n) is 8.72. The van der Waals surface area contributed by atoms with E-state index in [-0.39, 0.29) is 0 Å². The molecule has 0 heterocycles. The minimum atomic E-state index is -2.22. The van der Waals surface area contributed by atoms with Crippen LogP contribution in [0.15, 0.2) is 35.4 Å². The summed E-state index contributed by atoms with van der Waals surface area (Å²) in [7, 11) is 0. The van der Waals surface area contributed by atoms with Gasteiger partial charge in [-0.05, 0) is 0 Å². The van der Waals surface area contributed by atoms with E-state index >= 15 is 0 Å². The summed E-state index contributed by atoms with van der Waals surface area (Å²) in [6, 6.07) is 10.3. The molecule has 2 aliphatic carbocycles. The minimum absolute atomic E-state index is 0.571. The summed E-state index contributed by atoms with van der Waals surface area (Å²) in [4.78, 5) is 0. The molecule has 0 nitrogen and oxygen atoms in total. The van der Waals surface area contributed by atoms with Crippen molar-refractivity contribution in [3.05, 3.63) is 79.9 Å². The molecule has 36 heavy (non-hydrogen) atoms. The van der Waals surface area contributed by atoms with Crippen LogP contribution in [0.4, 0.5) is 0 Å². The number of fused-ring (bicyclic) bond motifs is 2. The van der Waals surface area contributed by atoms with Crippen LogP contribution < -0.4 is 0 Å². The van der Waals surface area contributed by atoms with E-state index in [9.17, 15) is 0 Å². The molecular formula is C34H49HfSi. The monoisotopic (exact) mass is 665 g/mol. The summed E-state index contributed by atoms with van der Waals surface area (Å²) in [5.74, 6) is 1.48. The number of rotatable bonds is 7. The Morgan fingerprint density at radius 1 is 0.583 bits per heavy atom. The van der Waals surface area contributed by atoms with Crippen LogP contribution in [0.25, 0.3) is 12.2 Å². The Labute approximate surface area is 230 Å². The summed E-state index contributed by atoms with van der Waals surface area (Å²) in [5.41, 5.74) is 16.2. The van der Waals surface area contributed by atoms with E-state index in [1.54, 1.807) is 55.7 Å². The predicted octanol–water partition coefficient (Wildman–Crippen LogP) is 10.4. The fourth-order valence-corrected chi connectivity index (χ4v) is 39.5. The standard InChI is InChI=1S/2C16H21.C2H7Si.Hf/c2*1-10(2)13-8-14-6-12(5)7-16(14)15(9-13)11(3)4;1-3-2;/h2*6-11H,1-5H3;3H,1-2H3;. The van der Waals surface area contributed by atoms with E-state index in [0.717, 1.165) is 7.35 Å². The van der Waals surface area contributed by atoms with E-state index in [1.807, 2.05) is 0 Å². The molecule has 0 fully saturated rings. The summed E-state index contributed by atoms with van der Waals surface area (Å²) in [6.45, 7) is 29.4. The average molecular weight is 664 g/mol. The van der Waals surface area contributed by atoms with Crippen LogP contribution in [-0.2, 0) is 20.6 Å². The molecule has 4 rings (SSSR count). The van der Waals surface area contributed by atoms with E-state index < -0.39 is 26.6 Å². The molecular weight excluding hydrogens is 615 g/mol. The van der Waals surface area contributed by atoms with Crippen molar-refractivity contribution < 1.29 is 20.6 Å². The fraction of sp³-hybridized carbons (Fsp3) is 0.529. The second-order valence-corrected chi connectivity index (χ2v) is 41.1. The third-order valence-corrected chi connectivity index (χ3v) is 40.2. The zero-order chi connectivity index (χ0) is 26.6. The Kier molecular flexibility index (Phi) is 8.28. The van der Waals surface area contributed by atoms with Gasteiger partial charge in [0.2, 0.25) is 0 Å². The molecule has 0 radical (unpaired) electrons. The average Bonchev–Trinajstić information content (AvgIpc) is 3.28. The molecule has 2 heteroatoms. The Morgan fingerprint density at radius 2 is 0.944 bits per heavy atom. The van der Waals surface area contributed by atoms with Gasteiger partial charge in [-0.2, -0.15) is 0 Å². The normalized spacial score (nSPS) is 19.0. The van der Waals surface area contributed by atoms with Crippen molar-refractivity contribution in [3.63, 3.8) is 0 Å². The molecule has 0 bridgehead atoms. The van der Waals surface area contributed by atoms with Crippen LogP contribution in [0, 0.1) is 0 Å². The van der Waals surface area contributed by atoms with Gasteiger partial charge in [-0.1, -0.05) is 0 Å². The topological polar surface area (TPSA) is 0 Å². The van der Waals surface area contributed by atoms with Gasteiger partial charge in [-0.15, -0.1) is 0 Å². The predicted molar refractivity (Wildman–Crippen MR) is 161 cm³/mol. The summed E-state index contributed by atoms with van der Waals surface area (Å²) >= 11 is -2.22. The van der Waals surface area contributed by atoms with Crippen molar-refractivity contribution in [1.29, 1.82) is 0 Å². The Balaban J connectivity index is 1.93. The van der Waals surface area contributed by atoms with Gasteiger partial charge in [0.1, 0.15) is 0 Å². The van der Waals surface area contributed by atoms with Crippen molar-refractivity contribution in [2.45, 2.75) is 113 Å². The molecule has 2 unspecified atom stereocenters. The van der Waals surface area contributed by atoms with Gasteiger partial charge in [0.25, 0.3) is 0 Å². The summed E-state index contributed by atoms with van der Waals surface area (Å²) in [5, 5.41) is 0. The quantitative estimate of drug-likeness (QED) is 0.259. The van der Waals surface area contributed by atoms with Crippen LogP contribution in [-0.4, -0.2) is 5.98 Å². The van der Waals surface area contributed by atoms with E-state index in [2.05, 4.69) is 119 Å². The second-order valence-electron chi connectivity index (χ2n) is 13.1. The molecule has 0 aliphatic heterocycles. The van der Waals surface area contributed by atoms with Gasteiger partial charge in [0.05, 0.1) is 0 Å². The summed E-state index contributed by atoms with van der Waals surface area (Å²) < 4.78 is 1.50. The van der Waals surface area contributed by atoms with E-state index in [4.69, 9.17) is 0 Å². The van der Waals surface area contributed by atoms with Gasteiger partial charge in [-0.3, -0.25) is 0 Å². The molecule has 0 N–H and O–H groups in total. The van der Waals surface area contributed by atoms with Gasteiger partial charge in [0.15, 0.2) is 0 Å². The van der Waals surface area contributed by atoms with Gasteiger partial charge in [0, 0.05) is 0 Å². The van der Waals surface area contributed by atoms with Gasteiger partial charge >= 0.3 is 232 Å². The van der Waals surface area contributed by atoms with Crippen LogP contribution in [0.3, 0.4) is 0 Å². The molecule has 0 aromatic heterocycles. The summed E-state index contributed by atoms with van der Waals surface area (Å²) in [6.07, 6.45) is 5.22. The molecule has 2 aliphatic rings. The van der Waals surface area contributed by atoms with Crippen LogP contribution >= 0.6 is 0 Å². The first-order chi connectivity index (χ1) is 16.8. The molecule has 0 spiro atoms. The molecule has 0 saturated carbocycles. The third kappa shape index (κ3) is 4.91. The first-order valence-corrected chi connectivity index (χ1v) is 27.7. The zero-order valence-corrected chi connectivity index (χ0v) is 29.8. The Bertz CT molecular complexity index is 1120. The maximum atomic E-state index is 2.70. The van der Waals surface area contributed by atoms with Crippen LogP contribution in [0.5, 0.6) is 0 Å². The Morgan fingerprint density at radius 3 is 1.22 bits per heavy atom. The van der Waals surface area contributed by atoms with Crippen LogP contribution in [0.1, 0.15) is 145 Å². The number of allylic oxidation sites excluding steroid dienone is 2. The van der Waals surface area contributed by atoms with Gasteiger partial charge < -0.3 is 0 Å². The van der Waals surface area contributed by atoms with Crippen molar-refractivity contribution in [3.8, 4) is 0 Å². The van der Waals surface area contributed by atoms with Crippen molar-refractivity contribution >= 4 is 18.1 Å².